The lowest BCUT2D eigenvalue weighted by molar-refractivity contribution is 0.0697. The number of nitrogens with one attached hydrogen (secondary N) is 1. The minimum absolute atomic E-state index is 0.0537. The highest BCUT2D eigenvalue weighted by molar-refractivity contribution is 4.76. The first-order chi connectivity index (χ1) is 7.84. The van der Waals surface area contributed by atoms with E-state index in [-0.39, 0.29) is 6.10 Å². The summed E-state index contributed by atoms with van der Waals surface area (Å²) in [7, 11) is 0. The molecule has 2 atom stereocenters. The number of aliphatic hydroxyl groups excluding tert-OH is 1. The zero-order valence-electron chi connectivity index (χ0n) is 10.5. The first kappa shape index (κ1) is 13.7. The van der Waals surface area contributed by atoms with Crippen molar-refractivity contribution in [2.45, 2.75) is 57.5 Å². The summed E-state index contributed by atoms with van der Waals surface area (Å²) in [4.78, 5) is 0. The third-order valence-corrected chi connectivity index (χ3v) is 3.54. The Kier molecular flexibility index (Phi) is 7.52. The third kappa shape index (κ3) is 5.66. The van der Waals surface area contributed by atoms with E-state index in [1.165, 1.54) is 38.5 Å². The van der Waals surface area contributed by atoms with Gasteiger partial charge in [0.15, 0.2) is 0 Å². The molecule has 2 unspecified atom stereocenters. The largest absolute Gasteiger partial charge is 0.393 e. The molecule has 1 fully saturated rings. The molecule has 0 heterocycles. The Morgan fingerprint density at radius 1 is 1.19 bits per heavy atom. The van der Waals surface area contributed by atoms with Crippen LogP contribution in [0.1, 0.15) is 51.4 Å². The molecule has 0 aliphatic heterocycles. The summed E-state index contributed by atoms with van der Waals surface area (Å²) in [5.74, 6) is 0.502. The van der Waals surface area contributed by atoms with Crippen LogP contribution in [0.5, 0.6) is 0 Å². The maximum absolute atomic E-state index is 9.79. The number of rotatable bonds is 8. The number of hydrogen-bond acceptors (Lipinski definition) is 2. The van der Waals surface area contributed by atoms with Gasteiger partial charge in [-0.25, -0.2) is 0 Å². The Balaban J connectivity index is 1.91. The highest BCUT2D eigenvalue weighted by Crippen LogP contribution is 2.23. The summed E-state index contributed by atoms with van der Waals surface area (Å²) in [6, 6.07) is 0. The van der Waals surface area contributed by atoms with Crippen LogP contribution in [0.15, 0.2) is 12.7 Å². The second kappa shape index (κ2) is 8.77. The number of unbranched alkanes of at least 4 members (excludes halogenated alkanes) is 3. The molecule has 0 aromatic carbocycles. The molecule has 2 N–H and O–H groups in total. The summed E-state index contributed by atoms with van der Waals surface area (Å²) in [6.07, 6.45) is 11.6. The van der Waals surface area contributed by atoms with Crippen molar-refractivity contribution in [3.05, 3.63) is 12.7 Å². The predicted octanol–water partition coefficient (Wildman–Crippen LogP) is 2.87. The molecule has 0 aromatic rings. The molecular formula is C14H27NO. The van der Waals surface area contributed by atoms with E-state index < -0.39 is 0 Å². The van der Waals surface area contributed by atoms with Gasteiger partial charge >= 0.3 is 0 Å². The molecule has 0 spiro atoms. The van der Waals surface area contributed by atoms with Crippen molar-refractivity contribution in [1.82, 2.24) is 5.32 Å². The standard InChI is InChI=1S/C14H27NO/c1-2-3-4-5-8-11-15-12-13-9-6-7-10-14(13)16/h2,13-16H,1,3-12H2. The van der Waals surface area contributed by atoms with E-state index in [0.717, 1.165) is 25.9 Å². The lowest BCUT2D eigenvalue weighted by Crippen LogP contribution is -2.34. The second-order valence-electron chi connectivity index (χ2n) is 4.95. The van der Waals surface area contributed by atoms with Crippen LogP contribution >= 0.6 is 0 Å². The van der Waals surface area contributed by atoms with Crippen molar-refractivity contribution in [3.63, 3.8) is 0 Å². The van der Waals surface area contributed by atoms with Gasteiger partial charge in [-0.3, -0.25) is 0 Å². The highest BCUT2D eigenvalue weighted by atomic mass is 16.3. The molecular weight excluding hydrogens is 198 g/mol. The monoisotopic (exact) mass is 225 g/mol. The summed E-state index contributed by atoms with van der Waals surface area (Å²) in [5.41, 5.74) is 0. The molecule has 1 aliphatic rings. The van der Waals surface area contributed by atoms with Gasteiger partial charge in [0.2, 0.25) is 0 Å². The normalized spacial score (nSPS) is 25.6. The van der Waals surface area contributed by atoms with Crippen LogP contribution in [-0.2, 0) is 0 Å². The van der Waals surface area contributed by atoms with Crippen LogP contribution in [0.3, 0.4) is 0 Å². The molecule has 0 radical (unpaired) electrons. The molecule has 2 heteroatoms. The molecule has 0 bridgehead atoms. The summed E-state index contributed by atoms with van der Waals surface area (Å²) in [6.45, 7) is 5.82. The SMILES string of the molecule is C=CCCCCCNCC1CCCCC1O. The Morgan fingerprint density at radius 2 is 2.00 bits per heavy atom. The van der Waals surface area contributed by atoms with Gasteiger partial charge in [0, 0.05) is 6.54 Å². The Morgan fingerprint density at radius 3 is 2.75 bits per heavy atom. The van der Waals surface area contributed by atoms with Crippen LogP contribution in [0.4, 0.5) is 0 Å². The van der Waals surface area contributed by atoms with E-state index in [9.17, 15) is 5.11 Å². The molecule has 0 aromatic heterocycles. The minimum atomic E-state index is -0.0537. The van der Waals surface area contributed by atoms with Crippen LogP contribution in [0, 0.1) is 5.92 Å². The molecule has 1 aliphatic carbocycles. The molecule has 0 saturated heterocycles. The van der Waals surface area contributed by atoms with Crippen molar-refractivity contribution in [2.75, 3.05) is 13.1 Å². The van der Waals surface area contributed by atoms with Gasteiger partial charge in [-0.15, -0.1) is 6.58 Å². The first-order valence-corrected chi connectivity index (χ1v) is 6.84. The quantitative estimate of drug-likeness (QED) is 0.492. The molecule has 0 amide bonds. The average molecular weight is 225 g/mol. The van der Waals surface area contributed by atoms with Gasteiger partial charge in [0.1, 0.15) is 0 Å². The predicted molar refractivity (Wildman–Crippen MR) is 69.5 cm³/mol. The van der Waals surface area contributed by atoms with E-state index in [4.69, 9.17) is 0 Å². The van der Waals surface area contributed by atoms with Crippen LogP contribution in [0.25, 0.3) is 0 Å². The first-order valence-electron chi connectivity index (χ1n) is 6.84. The maximum atomic E-state index is 9.79. The average Bonchev–Trinajstić information content (AvgIpc) is 2.30. The smallest absolute Gasteiger partial charge is 0.0580 e. The van der Waals surface area contributed by atoms with Gasteiger partial charge in [0.25, 0.3) is 0 Å². The zero-order valence-corrected chi connectivity index (χ0v) is 10.5. The van der Waals surface area contributed by atoms with Crippen molar-refractivity contribution in [3.8, 4) is 0 Å². The fraction of sp³-hybridized carbons (Fsp3) is 0.857. The van der Waals surface area contributed by atoms with E-state index in [2.05, 4.69) is 11.9 Å². The van der Waals surface area contributed by atoms with Gasteiger partial charge in [-0.1, -0.05) is 25.3 Å². The zero-order chi connectivity index (χ0) is 11.6. The highest BCUT2D eigenvalue weighted by Gasteiger charge is 2.21. The van der Waals surface area contributed by atoms with E-state index >= 15 is 0 Å². The minimum Gasteiger partial charge on any atom is -0.393 e. The second-order valence-corrected chi connectivity index (χ2v) is 4.95. The Hall–Kier alpha value is -0.340. The molecule has 94 valence electrons. The van der Waals surface area contributed by atoms with Crippen LogP contribution < -0.4 is 5.32 Å². The number of hydrogen-bond donors (Lipinski definition) is 2. The molecule has 1 saturated carbocycles. The number of allylic oxidation sites excluding steroid dienone is 1. The van der Waals surface area contributed by atoms with Gasteiger partial charge in [0.05, 0.1) is 6.10 Å². The Bertz CT molecular complexity index is 182. The Labute approximate surface area is 100 Å². The lowest BCUT2D eigenvalue weighted by Gasteiger charge is -2.27. The number of aliphatic hydroxyl groups is 1. The summed E-state index contributed by atoms with van der Waals surface area (Å²) in [5, 5.41) is 13.3. The van der Waals surface area contributed by atoms with Crippen LogP contribution in [0.2, 0.25) is 0 Å². The van der Waals surface area contributed by atoms with Gasteiger partial charge < -0.3 is 10.4 Å². The van der Waals surface area contributed by atoms with Crippen molar-refractivity contribution < 1.29 is 5.11 Å². The van der Waals surface area contributed by atoms with Crippen molar-refractivity contribution in [1.29, 1.82) is 0 Å². The third-order valence-electron chi connectivity index (χ3n) is 3.54. The van der Waals surface area contributed by atoms with Crippen molar-refractivity contribution >= 4 is 0 Å². The topological polar surface area (TPSA) is 32.3 Å². The van der Waals surface area contributed by atoms with E-state index in [0.29, 0.717) is 5.92 Å². The van der Waals surface area contributed by atoms with Gasteiger partial charge in [-0.05, 0) is 44.6 Å². The molecule has 16 heavy (non-hydrogen) atoms. The molecule has 1 rings (SSSR count). The van der Waals surface area contributed by atoms with E-state index in [1.807, 2.05) is 6.08 Å². The van der Waals surface area contributed by atoms with Crippen molar-refractivity contribution in [2.24, 2.45) is 5.92 Å². The fourth-order valence-electron chi connectivity index (χ4n) is 2.43. The maximum Gasteiger partial charge on any atom is 0.0580 e. The van der Waals surface area contributed by atoms with Crippen LogP contribution in [-0.4, -0.2) is 24.3 Å². The lowest BCUT2D eigenvalue weighted by atomic mass is 9.86. The fourth-order valence-corrected chi connectivity index (χ4v) is 2.43. The summed E-state index contributed by atoms with van der Waals surface area (Å²) < 4.78 is 0. The van der Waals surface area contributed by atoms with Gasteiger partial charge in [-0.2, -0.15) is 0 Å². The van der Waals surface area contributed by atoms with E-state index in [1.54, 1.807) is 0 Å². The summed E-state index contributed by atoms with van der Waals surface area (Å²) >= 11 is 0. The molecule has 2 nitrogen and oxygen atoms in total.